The fraction of sp³-hybridized carbons (Fsp3) is 0.154. The van der Waals surface area contributed by atoms with Crippen molar-refractivity contribution in [1.82, 2.24) is 10.3 Å². The van der Waals surface area contributed by atoms with E-state index in [4.69, 9.17) is 9.47 Å². The van der Waals surface area contributed by atoms with Gasteiger partial charge in [-0.2, -0.15) is 0 Å². The Bertz CT molecular complexity index is 1250. The third-order valence-electron chi connectivity index (χ3n) is 5.55. The molecule has 0 saturated carbocycles. The molecule has 1 amide bonds. The van der Waals surface area contributed by atoms with Crippen LogP contribution in [0.2, 0.25) is 0 Å². The van der Waals surface area contributed by atoms with Crippen molar-refractivity contribution < 1.29 is 23.5 Å². The number of rotatable bonds is 6. The molecule has 0 fully saturated rings. The van der Waals surface area contributed by atoms with E-state index >= 15 is 0 Å². The Morgan fingerprint density at radius 3 is 2.48 bits per heavy atom. The lowest BCUT2D eigenvalue weighted by molar-refractivity contribution is -0.118. The monoisotopic (exact) mass is 446 g/mol. The van der Waals surface area contributed by atoms with Crippen LogP contribution in [0.25, 0.3) is 11.1 Å². The molecule has 2 aliphatic rings. The van der Waals surface area contributed by atoms with Gasteiger partial charge in [0.25, 0.3) is 5.78 Å². The summed E-state index contributed by atoms with van der Waals surface area (Å²) in [5.74, 6) is -0.684. The van der Waals surface area contributed by atoms with Gasteiger partial charge in [0, 0.05) is 18.0 Å². The maximum Gasteiger partial charge on any atom is 0.261 e. The number of amides is 1. The van der Waals surface area contributed by atoms with Crippen LogP contribution in [0, 0.1) is 5.82 Å². The molecule has 0 unspecified atom stereocenters. The fourth-order valence-corrected chi connectivity index (χ4v) is 3.89. The summed E-state index contributed by atoms with van der Waals surface area (Å²) in [4.78, 5) is 27.9. The summed E-state index contributed by atoms with van der Waals surface area (Å²) in [5.41, 5.74) is 5.26. The van der Waals surface area contributed by atoms with Crippen LogP contribution >= 0.6 is 0 Å². The first kappa shape index (κ1) is 22.1. The van der Waals surface area contributed by atoms with Gasteiger partial charge in [0.15, 0.2) is 11.5 Å². The smallest absolute Gasteiger partial charge is 0.261 e. The molecule has 0 atom stereocenters. The molecule has 1 aromatic carbocycles. The highest BCUT2D eigenvalue weighted by molar-refractivity contribution is 6.10. The van der Waals surface area contributed by atoms with Gasteiger partial charge in [-0.3, -0.25) is 9.59 Å². The number of fused-ring (bicyclic) bond motifs is 1. The Morgan fingerprint density at radius 1 is 1.12 bits per heavy atom. The van der Waals surface area contributed by atoms with E-state index in [1.54, 1.807) is 24.4 Å². The first-order valence-electron chi connectivity index (χ1n) is 10.3. The number of H-pyrrole nitrogens is 1. The second-order valence-corrected chi connectivity index (χ2v) is 7.60. The number of nitrogens with one attached hydrogen (secondary N) is 2. The minimum Gasteiger partial charge on any atom is -0.492 e. The number of allylic oxidation sites excluding steroid dienone is 7. The number of carbonyl (C=O) groups is 2. The molecule has 2 aromatic rings. The highest BCUT2D eigenvalue weighted by Crippen LogP contribution is 2.43. The van der Waals surface area contributed by atoms with Crippen molar-refractivity contribution >= 4 is 22.8 Å². The van der Waals surface area contributed by atoms with E-state index in [1.807, 2.05) is 25.1 Å². The molecule has 6 nitrogen and oxygen atoms in total. The number of hydrogen-bond acceptors (Lipinski definition) is 4. The van der Waals surface area contributed by atoms with E-state index in [9.17, 15) is 14.0 Å². The Morgan fingerprint density at radius 2 is 1.85 bits per heavy atom. The molecule has 1 aromatic heterocycles. The van der Waals surface area contributed by atoms with Crippen LogP contribution < -0.4 is 5.32 Å². The highest BCUT2D eigenvalue weighted by atomic mass is 19.1. The Balaban J connectivity index is 1.73. The molecule has 2 N–H and O–H groups in total. The molecule has 2 aliphatic carbocycles. The summed E-state index contributed by atoms with van der Waals surface area (Å²) in [6, 6.07) is 8.23. The minimum absolute atomic E-state index is 0.163. The largest absolute Gasteiger partial charge is 0.492 e. The van der Waals surface area contributed by atoms with Gasteiger partial charge in [-0.05, 0) is 82.8 Å². The van der Waals surface area contributed by atoms with E-state index in [2.05, 4.69) is 10.3 Å². The molecule has 168 valence electrons. The van der Waals surface area contributed by atoms with Crippen molar-refractivity contribution in [2.75, 3.05) is 14.2 Å². The molecule has 0 radical (unpaired) electrons. The average molecular weight is 446 g/mol. The maximum absolute atomic E-state index is 14.1. The number of halogens is 1. The van der Waals surface area contributed by atoms with Gasteiger partial charge >= 0.3 is 0 Å². The Labute approximate surface area is 190 Å². The summed E-state index contributed by atoms with van der Waals surface area (Å²) >= 11 is 0. The van der Waals surface area contributed by atoms with Gasteiger partial charge in [-0.1, -0.05) is 6.07 Å². The van der Waals surface area contributed by atoms with Gasteiger partial charge in [-0.15, -0.1) is 0 Å². The molecular weight excluding hydrogens is 423 g/mol. The molecular formula is C26H23FN2O4. The number of methoxy groups -OCH3 is 2. The Hall–Kier alpha value is -4.13. The van der Waals surface area contributed by atoms with Gasteiger partial charge in [0.2, 0.25) is 5.91 Å². The van der Waals surface area contributed by atoms with Crippen molar-refractivity contribution in [1.29, 1.82) is 0 Å². The molecule has 0 spiro atoms. The van der Waals surface area contributed by atoms with Crippen LogP contribution in [0.4, 0.5) is 4.39 Å². The van der Waals surface area contributed by atoms with E-state index < -0.39 is 0 Å². The lowest BCUT2D eigenvalue weighted by atomic mass is 9.99. The quantitative estimate of drug-likeness (QED) is 0.652. The molecule has 0 saturated heterocycles. The van der Waals surface area contributed by atoms with Crippen molar-refractivity contribution in [3.8, 4) is 0 Å². The van der Waals surface area contributed by atoms with Crippen molar-refractivity contribution in [2.24, 2.45) is 0 Å². The highest BCUT2D eigenvalue weighted by Gasteiger charge is 2.26. The summed E-state index contributed by atoms with van der Waals surface area (Å²) in [5, 5.41) is 2.84. The molecule has 7 heteroatoms. The van der Waals surface area contributed by atoms with Gasteiger partial charge < -0.3 is 19.8 Å². The van der Waals surface area contributed by atoms with Crippen LogP contribution in [0.5, 0.6) is 0 Å². The molecule has 4 rings (SSSR count). The number of benzene rings is 1. The predicted molar refractivity (Wildman–Crippen MR) is 123 cm³/mol. The third kappa shape index (κ3) is 4.43. The van der Waals surface area contributed by atoms with Crippen LogP contribution in [0.1, 0.15) is 23.7 Å². The second-order valence-electron chi connectivity index (χ2n) is 7.60. The zero-order chi connectivity index (χ0) is 23.5. The molecule has 33 heavy (non-hydrogen) atoms. The standard InChI is InChI=1S/C26H23FN2O4/c1-15-20(9-16-10-23(32-2)26(31)24(11-16)33-3)19-7-6-17(27)12-22(19)21(15)13-25(30)29-14-18-5-4-8-28-18/h4-13,28H,14H2,1-3H3,(H,29,30). The molecule has 1 heterocycles. The second kappa shape index (κ2) is 9.16. The van der Waals surface area contributed by atoms with Crippen LogP contribution in [0.3, 0.4) is 0 Å². The number of carbonyl (C=O) groups excluding carboxylic acids is 2. The number of ketones is 1. The fourth-order valence-electron chi connectivity index (χ4n) is 3.89. The van der Waals surface area contributed by atoms with Gasteiger partial charge in [-0.25, -0.2) is 4.39 Å². The van der Waals surface area contributed by atoms with Crippen molar-refractivity contribution in [3.05, 3.63) is 106 Å². The number of Topliss-reactive ketones (excluding diaryl/α,β-unsaturated/α-hetero) is 1. The van der Waals surface area contributed by atoms with Crippen molar-refractivity contribution in [3.63, 3.8) is 0 Å². The van der Waals surface area contributed by atoms with Crippen LogP contribution in [-0.4, -0.2) is 30.9 Å². The predicted octanol–water partition coefficient (Wildman–Crippen LogP) is 4.21. The maximum atomic E-state index is 14.1. The van der Waals surface area contributed by atoms with Crippen molar-refractivity contribution in [2.45, 2.75) is 13.5 Å². The summed E-state index contributed by atoms with van der Waals surface area (Å²) in [6.45, 7) is 2.23. The number of hydrogen-bond donors (Lipinski definition) is 2. The zero-order valence-corrected chi connectivity index (χ0v) is 18.5. The lowest BCUT2D eigenvalue weighted by Crippen LogP contribution is -2.20. The normalized spacial score (nSPS) is 16.4. The first-order chi connectivity index (χ1) is 15.9. The molecule has 0 bridgehead atoms. The average Bonchev–Trinajstić information content (AvgIpc) is 3.41. The Kier molecular flexibility index (Phi) is 6.13. The van der Waals surface area contributed by atoms with E-state index in [1.165, 1.54) is 32.4 Å². The topological polar surface area (TPSA) is 80.4 Å². The van der Waals surface area contributed by atoms with E-state index in [-0.39, 0.29) is 29.0 Å². The minimum atomic E-state index is -0.389. The molecule has 0 aliphatic heterocycles. The van der Waals surface area contributed by atoms with Gasteiger partial charge in [0.05, 0.1) is 20.8 Å². The van der Waals surface area contributed by atoms with Crippen LogP contribution in [-0.2, 0) is 25.6 Å². The van der Waals surface area contributed by atoms with Gasteiger partial charge in [0.1, 0.15) is 5.82 Å². The number of aromatic nitrogens is 1. The first-order valence-corrected chi connectivity index (χ1v) is 10.3. The zero-order valence-electron chi connectivity index (χ0n) is 18.5. The number of aromatic amines is 1. The van der Waals surface area contributed by atoms with Crippen LogP contribution in [0.15, 0.2) is 83.5 Å². The lowest BCUT2D eigenvalue weighted by Gasteiger charge is -2.14. The summed E-state index contributed by atoms with van der Waals surface area (Å²) in [7, 11) is 2.84. The number of ether oxygens (including phenoxy) is 2. The SMILES string of the molecule is COC1=CC(=CC2=C(C)C(=CC(=O)NCc3ccc[nH]3)c3cc(F)ccc32)C=C(OC)C1=O. The van der Waals surface area contributed by atoms with E-state index in [0.717, 1.165) is 22.4 Å². The summed E-state index contributed by atoms with van der Waals surface area (Å²) in [6.07, 6.45) is 8.39. The van der Waals surface area contributed by atoms with E-state index in [0.29, 0.717) is 23.3 Å². The third-order valence-corrected chi connectivity index (χ3v) is 5.55. The summed E-state index contributed by atoms with van der Waals surface area (Å²) < 4.78 is 24.5.